The van der Waals surface area contributed by atoms with Crippen LogP contribution in [-0.2, 0) is 63.4 Å². The molecule has 5 atom stereocenters. The fraction of sp³-hybridized carbons (Fsp3) is 0.366. The van der Waals surface area contributed by atoms with Gasteiger partial charge in [0, 0.05) is 49.7 Å². The molecule has 3 aromatic rings. The molecule has 55 heavy (non-hydrogen) atoms. The lowest BCUT2D eigenvalue weighted by Gasteiger charge is -2.39. The van der Waals surface area contributed by atoms with E-state index in [0.29, 0.717) is 35.6 Å². The molecule has 0 radical (unpaired) electrons. The summed E-state index contributed by atoms with van der Waals surface area (Å²) in [5.74, 6) is -3.33. The fourth-order valence-electron chi connectivity index (χ4n) is 7.87. The Hall–Kier alpha value is -5.86. The molecule has 0 saturated carbocycles. The van der Waals surface area contributed by atoms with Gasteiger partial charge in [-0.05, 0) is 53.4 Å². The molecule has 4 aliphatic rings. The number of benzene rings is 3. The van der Waals surface area contributed by atoms with E-state index in [1.165, 1.54) is 28.5 Å². The lowest BCUT2D eigenvalue weighted by Crippen LogP contribution is -2.55. The number of fused-ring (bicyclic) bond motifs is 2. The van der Waals surface area contributed by atoms with Gasteiger partial charge in [0.25, 0.3) is 5.91 Å². The van der Waals surface area contributed by atoms with Crippen molar-refractivity contribution >= 4 is 52.6 Å². The third kappa shape index (κ3) is 6.87. The zero-order valence-electron chi connectivity index (χ0n) is 30.7. The number of rotatable bonds is 11. The average molecular weight is 751 g/mol. The van der Waals surface area contributed by atoms with Crippen LogP contribution < -0.4 is 14.7 Å². The molecule has 2 unspecified atom stereocenters. The van der Waals surface area contributed by atoms with Crippen LogP contribution in [0.4, 0.5) is 17.1 Å². The maximum Gasteiger partial charge on any atom is 0.304 e. The number of aliphatic hydroxyl groups excluding tert-OH is 1. The van der Waals surface area contributed by atoms with E-state index in [9.17, 15) is 39.0 Å². The molecule has 0 spiro atoms. The summed E-state index contributed by atoms with van der Waals surface area (Å²) < 4.78 is 10.6. The van der Waals surface area contributed by atoms with E-state index in [0.717, 1.165) is 11.1 Å². The minimum Gasteiger partial charge on any atom is -0.441 e. The highest BCUT2D eigenvalue weighted by Crippen LogP contribution is 2.48. The number of nitrogens with zero attached hydrogens (tertiary/aromatic N) is 4. The number of anilines is 3. The second-order valence-corrected chi connectivity index (χ2v) is 14.3. The highest BCUT2D eigenvalue weighted by molar-refractivity contribution is 6.09. The van der Waals surface area contributed by atoms with E-state index in [-0.39, 0.29) is 61.7 Å². The molecule has 7 rings (SSSR count). The first-order chi connectivity index (χ1) is 26.3. The molecule has 0 bridgehead atoms. The molecule has 2 saturated heterocycles. The van der Waals surface area contributed by atoms with Crippen molar-refractivity contribution in [3.05, 3.63) is 101 Å². The van der Waals surface area contributed by atoms with Gasteiger partial charge < -0.3 is 29.5 Å². The fourth-order valence-corrected chi connectivity index (χ4v) is 7.87. The smallest absolute Gasteiger partial charge is 0.304 e. The number of hydrogen-bond acceptors (Lipinski definition) is 10. The van der Waals surface area contributed by atoms with Crippen molar-refractivity contribution in [2.24, 2.45) is 5.92 Å². The molecule has 14 heteroatoms. The van der Waals surface area contributed by atoms with Gasteiger partial charge in [0.15, 0.2) is 18.1 Å². The van der Waals surface area contributed by atoms with Gasteiger partial charge in [0.1, 0.15) is 0 Å². The number of amides is 4. The van der Waals surface area contributed by atoms with Crippen molar-refractivity contribution in [1.82, 2.24) is 4.90 Å². The van der Waals surface area contributed by atoms with Crippen molar-refractivity contribution in [2.75, 3.05) is 21.3 Å². The maximum atomic E-state index is 14.5. The molecule has 2 N–H and O–H groups in total. The first-order valence-corrected chi connectivity index (χ1v) is 18.2. The largest absolute Gasteiger partial charge is 0.441 e. The molecule has 0 aliphatic carbocycles. The number of carbonyl (C=O) groups is 6. The highest BCUT2D eigenvalue weighted by Gasteiger charge is 2.53. The Morgan fingerprint density at radius 1 is 0.855 bits per heavy atom. The zero-order chi connectivity index (χ0) is 39.2. The van der Waals surface area contributed by atoms with E-state index in [1.807, 2.05) is 24.3 Å². The Morgan fingerprint density at radius 3 is 2.11 bits per heavy atom. The third-order valence-electron chi connectivity index (χ3n) is 10.7. The van der Waals surface area contributed by atoms with Crippen LogP contribution in [0, 0.1) is 5.92 Å². The highest BCUT2D eigenvalue weighted by atomic mass is 16.6. The maximum absolute atomic E-state index is 14.5. The summed E-state index contributed by atoms with van der Waals surface area (Å²) in [6, 6.07) is 19.1. The number of ether oxygens (including phenoxy) is 2. The van der Waals surface area contributed by atoms with Gasteiger partial charge in [0.05, 0.1) is 37.7 Å². The summed E-state index contributed by atoms with van der Waals surface area (Å²) in [4.78, 5) is 82.3. The molecule has 3 aromatic carbocycles. The Labute approximate surface area is 317 Å². The molecule has 286 valence electrons. The van der Waals surface area contributed by atoms with E-state index in [4.69, 9.17) is 9.47 Å². The van der Waals surface area contributed by atoms with Crippen LogP contribution in [0.3, 0.4) is 0 Å². The minimum absolute atomic E-state index is 0.00574. The van der Waals surface area contributed by atoms with Gasteiger partial charge in [-0.1, -0.05) is 55.5 Å². The van der Waals surface area contributed by atoms with Gasteiger partial charge in [-0.2, -0.15) is 0 Å². The molecular formula is C41H42N4O10. The topological polar surface area (TPSA) is 174 Å². The van der Waals surface area contributed by atoms with Crippen molar-refractivity contribution < 1.29 is 48.5 Å². The first kappa shape index (κ1) is 37.5. The molecule has 4 amide bonds. The van der Waals surface area contributed by atoms with Crippen LogP contribution in [0.5, 0.6) is 0 Å². The lowest BCUT2D eigenvalue weighted by atomic mass is 9.82. The van der Waals surface area contributed by atoms with E-state index >= 15 is 0 Å². The summed E-state index contributed by atoms with van der Waals surface area (Å²) in [6.07, 6.45) is 2.20. The van der Waals surface area contributed by atoms with Crippen LogP contribution >= 0.6 is 0 Å². The number of esters is 2. The van der Waals surface area contributed by atoms with Crippen molar-refractivity contribution in [3.8, 4) is 0 Å². The quantitative estimate of drug-likeness (QED) is 0.168. The van der Waals surface area contributed by atoms with Gasteiger partial charge in [0.2, 0.25) is 17.7 Å². The average Bonchev–Trinajstić information content (AvgIpc) is 3.35. The predicted octanol–water partition coefficient (Wildman–Crippen LogP) is 3.20. The number of hydrogen-bond donors (Lipinski definition) is 2. The summed E-state index contributed by atoms with van der Waals surface area (Å²) in [7, 11) is 0. The van der Waals surface area contributed by atoms with Gasteiger partial charge in [-0.25, -0.2) is 0 Å². The van der Waals surface area contributed by atoms with Gasteiger partial charge in [-0.3, -0.25) is 38.6 Å². The Kier molecular flexibility index (Phi) is 10.1. The molecule has 4 heterocycles. The summed E-state index contributed by atoms with van der Waals surface area (Å²) in [6.45, 7) is 4.34. The minimum atomic E-state index is -2.14. The van der Waals surface area contributed by atoms with Crippen molar-refractivity contribution in [2.45, 2.75) is 83.6 Å². The molecule has 0 aromatic heterocycles. The van der Waals surface area contributed by atoms with Crippen molar-refractivity contribution in [1.29, 1.82) is 0 Å². The Morgan fingerprint density at radius 2 is 1.49 bits per heavy atom. The summed E-state index contributed by atoms with van der Waals surface area (Å²) >= 11 is 0. The second kappa shape index (κ2) is 14.8. The van der Waals surface area contributed by atoms with Crippen LogP contribution in [0.25, 0.3) is 0 Å². The predicted molar refractivity (Wildman–Crippen MR) is 198 cm³/mol. The molecule has 2 fully saturated rings. The number of aliphatic hydroxyl groups is 2. The lowest BCUT2D eigenvalue weighted by molar-refractivity contribution is -0.155. The molecule has 4 aliphatic heterocycles. The third-order valence-corrected chi connectivity index (χ3v) is 10.7. The SMILES string of the molecule is CC(=O)OC1CC(=O)N1c1cccc(CN2C(=O)[C@@](O)([C@@H](C)/C=C/CC(=O)N3Cc4ccccc4C[C@H]3CO)c3cc(N4C(=O)CC4OC(C)=O)ccc32)c1. The van der Waals surface area contributed by atoms with Crippen LogP contribution in [0.2, 0.25) is 0 Å². The van der Waals surface area contributed by atoms with E-state index in [1.54, 1.807) is 66.4 Å². The van der Waals surface area contributed by atoms with Gasteiger partial charge >= 0.3 is 11.9 Å². The summed E-state index contributed by atoms with van der Waals surface area (Å²) in [5.41, 5.74) is 1.99. The Balaban J connectivity index is 1.17. The van der Waals surface area contributed by atoms with Crippen LogP contribution in [0.1, 0.15) is 62.3 Å². The first-order valence-electron chi connectivity index (χ1n) is 18.2. The van der Waals surface area contributed by atoms with Crippen LogP contribution in [0.15, 0.2) is 78.9 Å². The molecular weight excluding hydrogens is 708 g/mol. The number of β-lactam (4-membered cyclic amide) rings is 2. The van der Waals surface area contributed by atoms with E-state index < -0.39 is 41.8 Å². The van der Waals surface area contributed by atoms with E-state index in [2.05, 4.69) is 0 Å². The van der Waals surface area contributed by atoms with Crippen LogP contribution in [-0.4, -0.2) is 75.8 Å². The zero-order valence-corrected chi connectivity index (χ0v) is 30.7. The second-order valence-electron chi connectivity index (χ2n) is 14.3. The standard InChI is InChI=1S/C41H42N4O10/c1-24(8-6-13-35(49)42-22-29-11-5-4-10-28(29)17-32(42)23-46)41(53)33-18-31(45-37(51)20-39(45)55-26(3)48)14-15-34(33)43(40(41)52)21-27-9-7-12-30(16-27)44-36(50)19-38(44)54-25(2)47/h4-12,14-16,18,24,32,38-39,46,53H,13,17,19-23H2,1-3H3/b8-6+/t24-,32-,38?,39?,41+/m0/s1. The van der Waals surface area contributed by atoms with Crippen molar-refractivity contribution in [3.63, 3.8) is 0 Å². The Bertz CT molecular complexity index is 2120. The number of carbonyl (C=O) groups excluding carboxylic acids is 6. The normalized spacial score (nSPS) is 23.6. The summed E-state index contributed by atoms with van der Waals surface area (Å²) in [5, 5.41) is 22.6. The molecule has 14 nitrogen and oxygen atoms in total. The monoisotopic (exact) mass is 750 g/mol. The van der Waals surface area contributed by atoms with Gasteiger partial charge in [-0.15, -0.1) is 0 Å².